The number of methoxy groups -OCH3 is 6. The molecule has 0 amide bonds. The van der Waals surface area contributed by atoms with Gasteiger partial charge in [-0.2, -0.15) is 15.3 Å². The highest BCUT2D eigenvalue weighted by molar-refractivity contribution is 5.87. The maximum Gasteiger partial charge on any atom is 0.257 e. The third-order valence-corrected chi connectivity index (χ3v) is 5.36. The van der Waals surface area contributed by atoms with Crippen molar-refractivity contribution in [1.82, 2.24) is 10.9 Å². The van der Waals surface area contributed by atoms with Gasteiger partial charge in [-0.3, -0.25) is 0 Å². The summed E-state index contributed by atoms with van der Waals surface area (Å²) in [5.41, 5.74) is 7.91. The Morgan fingerprint density at radius 3 is 1.20 bits per heavy atom. The second-order valence-electron chi connectivity index (χ2n) is 7.78. The number of nitrogens with zero attached hydrogens (tertiary/aromatic N) is 4. The number of guanidine groups is 1. The first kappa shape index (κ1) is 29.3. The highest BCUT2D eigenvalue weighted by Gasteiger charge is 2.05. The highest BCUT2D eigenvalue weighted by atomic mass is 16.5. The van der Waals surface area contributed by atoms with Gasteiger partial charge in [-0.1, -0.05) is 0 Å². The molecule has 0 aliphatic carbocycles. The Morgan fingerprint density at radius 2 is 0.850 bits per heavy atom. The van der Waals surface area contributed by atoms with E-state index in [4.69, 9.17) is 28.4 Å². The lowest BCUT2D eigenvalue weighted by Gasteiger charge is -2.08. The Morgan fingerprint density at radius 1 is 0.500 bits per heavy atom. The molecule has 12 nitrogen and oxygen atoms in total. The molecule has 3 rings (SSSR count). The Balaban J connectivity index is 1.80. The molecule has 12 heteroatoms. The van der Waals surface area contributed by atoms with Crippen molar-refractivity contribution in [3.63, 3.8) is 0 Å². The summed E-state index contributed by atoms with van der Waals surface area (Å²) in [7, 11) is 9.43. The first-order valence-corrected chi connectivity index (χ1v) is 11.9. The molecule has 0 aromatic heterocycles. The molecule has 0 unspecified atom stereocenters. The number of ether oxygens (including phenoxy) is 6. The Hall–Kier alpha value is -5.26. The van der Waals surface area contributed by atoms with Crippen LogP contribution in [0.3, 0.4) is 0 Å². The number of hydrogen-bond donors (Lipinski definition) is 2. The molecule has 0 spiro atoms. The molecule has 0 aliphatic heterocycles. The minimum absolute atomic E-state index is 0.158. The molecule has 210 valence electrons. The molecule has 3 aromatic carbocycles. The predicted molar refractivity (Wildman–Crippen MR) is 155 cm³/mol. The van der Waals surface area contributed by atoms with Crippen LogP contribution in [0.5, 0.6) is 34.5 Å². The van der Waals surface area contributed by atoms with Crippen LogP contribution in [0.15, 0.2) is 75.0 Å². The lowest BCUT2D eigenvalue weighted by atomic mass is 10.2. The van der Waals surface area contributed by atoms with Gasteiger partial charge >= 0.3 is 0 Å². The van der Waals surface area contributed by atoms with Gasteiger partial charge in [0.15, 0.2) is 34.5 Å². The van der Waals surface area contributed by atoms with Crippen LogP contribution >= 0.6 is 0 Å². The fourth-order valence-electron chi connectivity index (χ4n) is 3.36. The first-order chi connectivity index (χ1) is 19.5. The number of hydrazone groups is 2. The van der Waals surface area contributed by atoms with Crippen molar-refractivity contribution in [3.05, 3.63) is 71.3 Å². The van der Waals surface area contributed by atoms with Crippen LogP contribution < -0.4 is 39.3 Å². The maximum absolute atomic E-state index is 5.34. The third kappa shape index (κ3) is 8.12. The van der Waals surface area contributed by atoms with Crippen molar-refractivity contribution in [2.24, 2.45) is 20.4 Å². The zero-order chi connectivity index (χ0) is 28.7. The zero-order valence-electron chi connectivity index (χ0n) is 23.2. The Kier molecular flexibility index (Phi) is 11.2. The fraction of sp³-hybridized carbons (Fsp3) is 0.214. The molecular weight excluding hydrogens is 516 g/mol. The van der Waals surface area contributed by atoms with Crippen molar-refractivity contribution in [3.8, 4) is 34.5 Å². The summed E-state index contributed by atoms with van der Waals surface area (Å²) in [6.07, 6.45) is 4.74. The summed E-state index contributed by atoms with van der Waals surface area (Å²) >= 11 is 0. The summed E-state index contributed by atoms with van der Waals surface area (Å²) in [4.78, 5) is 0. The average Bonchev–Trinajstić information content (AvgIpc) is 3.00. The first-order valence-electron chi connectivity index (χ1n) is 11.9. The summed E-state index contributed by atoms with van der Waals surface area (Å²) in [6.45, 7) is 0. The van der Waals surface area contributed by atoms with Crippen LogP contribution in [-0.2, 0) is 0 Å². The minimum Gasteiger partial charge on any atom is -0.493 e. The van der Waals surface area contributed by atoms with E-state index in [1.54, 1.807) is 97.7 Å². The van der Waals surface area contributed by atoms with Gasteiger partial charge in [-0.25, -0.2) is 10.9 Å². The molecule has 0 aliphatic rings. The molecule has 0 saturated heterocycles. The van der Waals surface area contributed by atoms with Gasteiger partial charge in [-0.15, -0.1) is 5.10 Å². The van der Waals surface area contributed by atoms with E-state index in [1.807, 2.05) is 18.2 Å². The normalized spacial score (nSPS) is 10.9. The van der Waals surface area contributed by atoms with Crippen LogP contribution in [-0.4, -0.2) is 67.3 Å². The van der Waals surface area contributed by atoms with E-state index in [-0.39, 0.29) is 5.96 Å². The van der Waals surface area contributed by atoms with Crippen LogP contribution in [0, 0.1) is 0 Å². The second kappa shape index (κ2) is 15.2. The van der Waals surface area contributed by atoms with Gasteiger partial charge in [0, 0.05) is 0 Å². The molecule has 0 heterocycles. The zero-order valence-corrected chi connectivity index (χ0v) is 23.2. The summed E-state index contributed by atoms with van der Waals surface area (Å²) < 4.78 is 31.8. The molecule has 0 atom stereocenters. The maximum atomic E-state index is 5.34. The van der Waals surface area contributed by atoms with Crippen molar-refractivity contribution >= 4 is 24.6 Å². The summed E-state index contributed by atoms with van der Waals surface area (Å²) in [6, 6.07) is 16.2. The van der Waals surface area contributed by atoms with Crippen molar-refractivity contribution in [2.45, 2.75) is 0 Å². The molecule has 0 fully saturated rings. The SMILES string of the molecule is COc1ccc(/C=N\N=C(N/N=C\c2ccc(OC)c(OC)c2)N/N=C\c2ccc(OC)c(OC)c2)cc1OC. The van der Waals surface area contributed by atoms with E-state index in [0.717, 1.165) is 16.7 Å². The van der Waals surface area contributed by atoms with E-state index in [2.05, 4.69) is 31.3 Å². The third-order valence-electron chi connectivity index (χ3n) is 5.36. The van der Waals surface area contributed by atoms with Gasteiger partial charge in [-0.05, 0) is 71.3 Å². The fourth-order valence-corrected chi connectivity index (χ4v) is 3.36. The lowest BCUT2D eigenvalue weighted by Crippen LogP contribution is -2.30. The summed E-state index contributed by atoms with van der Waals surface area (Å²) in [5, 5.41) is 16.8. The smallest absolute Gasteiger partial charge is 0.257 e. The van der Waals surface area contributed by atoms with Crippen LogP contribution in [0.1, 0.15) is 16.7 Å². The van der Waals surface area contributed by atoms with Crippen molar-refractivity contribution in [1.29, 1.82) is 0 Å². The van der Waals surface area contributed by atoms with Gasteiger partial charge < -0.3 is 28.4 Å². The van der Waals surface area contributed by atoms with Gasteiger partial charge in [0.1, 0.15) is 0 Å². The Bertz CT molecular complexity index is 1320. The van der Waals surface area contributed by atoms with Crippen LogP contribution in [0.2, 0.25) is 0 Å². The topological polar surface area (TPSA) is 129 Å². The van der Waals surface area contributed by atoms with Crippen LogP contribution in [0.4, 0.5) is 0 Å². The number of nitrogens with one attached hydrogen (secondary N) is 2. The predicted octanol–water partition coefficient (Wildman–Crippen LogP) is 3.68. The largest absolute Gasteiger partial charge is 0.493 e. The second-order valence-corrected chi connectivity index (χ2v) is 7.78. The van der Waals surface area contributed by atoms with E-state index < -0.39 is 0 Å². The monoisotopic (exact) mass is 548 g/mol. The number of rotatable bonds is 12. The van der Waals surface area contributed by atoms with Gasteiger partial charge in [0.05, 0.1) is 61.3 Å². The Labute approximate surface area is 232 Å². The summed E-state index contributed by atoms with van der Waals surface area (Å²) in [5.74, 6) is 3.74. The molecule has 40 heavy (non-hydrogen) atoms. The molecule has 2 N–H and O–H groups in total. The minimum atomic E-state index is 0.158. The average molecular weight is 549 g/mol. The highest BCUT2D eigenvalue weighted by Crippen LogP contribution is 2.28. The molecule has 3 aromatic rings. The molecule has 0 radical (unpaired) electrons. The van der Waals surface area contributed by atoms with E-state index in [1.165, 1.54) is 0 Å². The molecule has 0 bridgehead atoms. The van der Waals surface area contributed by atoms with E-state index >= 15 is 0 Å². The van der Waals surface area contributed by atoms with E-state index in [0.29, 0.717) is 34.5 Å². The molecule has 0 saturated carbocycles. The van der Waals surface area contributed by atoms with Gasteiger partial charge in [0.2, 0.25) is 0 Å². The lowest BCUT2D eigenvalue weighted by molar-refractivity contribution is 0.355. The quantitative estimate of drug-likeness (QED) is 0.199. The van der Waals surface area contributed by atoms with Crippen molar-refractivity contribution in [2.75, 3.05) is 42.7 Å². The standard InChI is InChI=1S/C28H32N6O6/c1-35-22-10-7-19(13-25(22)38-4)16-29-32-28(33-30-17-20-8-11-23(36-2)26(14-20)39-5)34-31-18-21-9-12-24(37-3)27(15-21)40-6/h7-18H,1-6H3,(H2,32,33,34)/b29-16-,30-17-,31-18-. The number of benzene rings is 3. The number of hydrogen-bond acceptors (Lipinski definition) is 10. The van der Waals surface area contributed by atoms with E-state index in [9.17, 15) is 0 Å². The van der Waals surface area contributed by atoms with Crippen molar-refractivity contribution < 1.29 is 28.4 Å². The van der Waals surface area contributed by atoms with Crippen LogP contribution in [0.25, 0.3) is 0 Å². The van der Waals surface area contributed by atoms with Gasteiger partial charge in [0.25, 0.3) is 5.96 Å². The molecular formula is C28H32N6O6.